The van der Waals surface area contributed by atoms with Crippen LogP contribution < -0.4 is 4.74 Å². The number of hydrogen-bond donors (Lipinski definition) is 1. The van der Waals surface area contributed by atoms with E-state index in [1.807, 2.05) is 30.5 Å². The van der Waals surface area contributed by atoms with Gasteiger partial charge in [-0.05, 0) is 27.1 Å². The Labute approximate surface area is 171 Å². The minimum atomic E-state index is -0.558. The van der Waals surface area contributed by atoms with Gasteiger partial charge in [0.1, 0.15) is 16.5 Å². The van der Waals surface area contributed by atoms with E-state index in [0.29, 0.717) is 33.9 Å². The van der Waals surface area contributed by atoms with Crippen LogP contribution in [-0.4, -0.2) is 55.4 Å². The van der Waals surface area contributed by atoms with Gasteiger partial charge in [0.2, 0.25) is 0 Å². The van der Waals surface area contributed by atoms with Gasteiger partial charge in [0, 0.05) is 24.8 Å². The topological polar surface area (TPSA) is 76.8 Å². The first-order valence-electron chi connectivity index (χ1n) is 8.96. The van der Waals surface area contributed by atoms with Gasteiger partial charge in [-0.2, -0.15) is 5.10 Å². The van der Waals surface area contributed by atoms with Crippen molar-refractivity contribution in [1.82, 2.24) is 34.2 Å². The van der Waals surface area contributed by atoms with Gasteiger partial charge in [0.15, 0.2) is 17.5 Å². The number of methoxy groups -OCH3 is 1. The lowest BCUT2D eigenvalue weighted by molar-refractivity contribution is 0.309. The summed E-state index contributed by atoms with van der Waals surface area (Å²) in [6.07, 6.45) is 5.10. The van der Waals surface area contributed by atoms with E-state index in [-0.39, 0.29) is 16.8 Å². The van der Waals surface area contributed by atoms with E-state index < -0.39 is 5.82 Å². The summed E-state index contributed by atoms with van der Waals surface area (Å²) in [5.74, 6) is 0.862. The molecule has 152 valence electrons. The highest BCUT2D eigenvalue weighted by atomic mass is 35.5. The molecule has 0 spiro atoms. The highest BCUT2D eigenvalue weighted by Crippen LogP contribution is 2.41. The summed E-state index contributed by atoms with van der Waals surface area (Å²) >= 11 is 6.18. The maximum Gasteiger partial charge on any atom is 0.174 e. The SMILES string of the molecule is COc1cc2c(-n3ccnc3)c(-c3nc([C@H](C)N(C)C)n[nH]3)n(C)c2c(F)c1Cl. The summed E-state index contributed by atoms with van der Waals surface area (Å²) in [7, 11) is 7.14. The van der Waals surface area contributed by atoms with Crippen LogP contribution in [0.25, 0.3) is 28.1 Å². The lowest BCUT2D eigenvalue weighted by atomic mass is 10.2. The van der Waals surface area contributed by atoms with Gasteiger partial charge in [0.25, 0.3) is 0 Å². The molecule has 0 aliphatic rings. The van der Waals surface area contributed by atoms with Crippen molar-refractivity contribution in [3.63, 3.8) is 0 Å². The normalized spacial score (nSPS) is 12.8. The Hall–Kier alpha value is -2.91. The van der Waals surface area contributed by atoms with Crippen LogP contribution in [0.4, 0.5) is 4.39 Å². The van der Waals surface area contributed by atoms with E-state index in [1.165, 1.54) is 7.11 Å². The molecule has 0 saturated heterocycles. The van der Waals surface area contributed by atoms with E-state index in [0.717, 1.165) is 0 Å². The molecule has 0 aliphatic heterocycles. The molecular formula is C19H21ClFN7O. The molecule has 29 heavy (non-hydrogen) atoms. The Morgan fingerprint density at radius 3 is 2.72 bits per heavy atom. The Bertz CT molecular complexity index is 1180. The van der Waals surface area contributed by atoms with E-state index in [2.05, 4.69) is 20.2 Å². The van der Waals surface area contributed by atoms with Crippen LogP contribution in [0.3, 0.4) is 0 Å². The lowest BCUT2D eigenvalue weighted by Gasteiger charge is -2.15. The molecule has 1 atom stereocenters. The van der Waals surface area contributed by atoms with Crippen molar-refractivity contribution in [3.05, 3.63) is 41.5 Å². The first kappa shape index (κ1) is 19.4. The molecule has 0 bridgehead atoms. The van der Waals surface area contributed by atoms with Gasteiger partial charge in [-0.25, -0.2) is 14.4 Å². The number of hydrogen-bond acceptors (Lipinski definition) is 5. The zero-order valence-electron chi connectivity index (χ0n) is 16.7. The molecule has 4 aromatic rings. The molecule has 0 fully saturated rings. The van der Waals surface area contributed by atoms with Crippen molar-refractivity contribution in [3.8, 4) is 23.0 Å². The third-order valence-electron chi connectivity index (χ3n) is 5.16. The predicted molar refractivity (Wildman–Crippen MR) is 109 cm³/mol. The fraction of sp³-hybridized carbons (Fsp3) is 0.316. The second kappa shape index (κ2) is 7.16. The number of halogens is 2. The summed E-state index contributed by atoms with van der Waals surface area (Å²) in [6.45, 7) is 2.01. The van der Waals surface area contributed by atoms with Crippen molar-refractivity contribution >= 4 is 22.5 Å². The van der Waals surface area contributed by atoms with Crippen LogP contribution in [0.5, 0.6) is 5.75 Å². The van der Waals surface area contributed by atoms with E-state index >= 15 is 4.39 Å². The summed E-state index contributed by atoms with van der Waals surface area (Å²) in [4.78, 5) is 10.8. The first-order chi connectivity index (χ1) is 13.8. The number of aromatic amines is 1. The fourth-order valence-electron chi connectivity index (χ4n) is 3.37. The number of aromatic nitrogens is 6. The number of rotatable bonds is 5. The largest absolute Gasteiger partial charge is 0.495 e. The number of benzene rings is 1. The maximum atomic E-state index is 15.2. The minimum Gasteiger partial charge on any atom is -0.495 e. The monoisotopic (exact) mass is 417 g/mol. The summed E-state index contributed by atoms with van der Waals surface area (Å²) in [6, 6.07) is 1.73. The summed E-state index contributed by atoms with van der Waals surface area (Å²) < 4.78 is 24.0. The second-order valence-electron chi connectivity index (χ2n) is 7.01. The molecule has 0 saturated carbocycles. The Balaban J connectivity index is 2.05. The van der Waals surface area contributed by atoms with Crippen molar-refractivity contribution < 1.29 is 9.13 Å². The van der Waals surface area contributed by atoms with Gasteiger partial charge < -0.3 is 13.9 Å². The number of aryl methyl sites for hydroxylation is 1. The number of H-pyrrole nitrogens is 1. The molecule has 4 rings (SSSR count). The average Bonchev–Trinajstić information content (AvgIpc) is 3.42. The van der Waals surface area contributed by atoms with Gasteiger partial charge in [-0.1, -0.05) is 11.6 Å². The zero-order valence-corrected chi connectivity index (χ0v) is 17.5. The van der Waals surface area contributed by atoms with Crippen LogP contribution >= 0.6 is 11.6 Å². The molecule has 8 nitrogen and oxygen atoms in total. The van der Waals surface area contributed by atoms with Crippen molar-refractivity contribution in [2.75, 3.05) is 21.2 Å². The van der Waals surface area contributed by atoms with Gasteiger partial charge in [-0.15, -0.1) is 0 Å². The van der Waals surface area contributed by atoms with Crippen molar-refractivity contribution in [1.29, 1.82) is 0 Å². The smallest absolute Gasteiger partial charge is 0.174 e. The molecule has 10 heteroatoms. The maximum absolute atomic E-state index is 15.2. The lowest BCUT2D eigenvalue weighted by Crippen LogP contribution is -2.17. The van der Waals surface area contributed by atoms with Crippen LogP contribution in [0.15, 0.2) is 24.8 Å². The first-order valence-corrected chi connectivity index (χ1v) is 9.34. The van der Waals surface area contributed by atoms with Crippen molar-refractivity contribution in [2.45, 2.75) is 13.0 Å². The average molecular weight is 418 g/mol. The van der Waals surface area contributed by atoms with Crippen molar-refractivity contribution in [2.24, 2.45) is 7.05 Å². The molecule has 3 heterocycles. The molecule has 3 aromatic heterocycles. The van der Waals surface area contributed by atoms with E-state index in [4.69, 9.17) is 16.3 Å². The van der Waals surface area contributed by atoms with Gasteiger partial charge >= 0.3 is 0 Å². The summed E-state index contributed by atoms with van der Waals surface area (Å²) in [5.41, 5.74) is 1.70. The minimum absolute atomic E-state index is 0.0117. The van der Waals surface area contributed by atoms with Crippen LogP contribution in [-0.2, 0) is 7.05 Å². The number of fused-ring (bicyclic) bond motifs is 1. The molecule has 1 aromatic carbocycles. The number of nitrogens with zero attached hydrogens (tertiary/aromatic N) is 6. The molecule has 0 aliphatic carbocycles. The van der Waals surface area contributed by atoms with E-state index in [9.17, 15) is 0 Å². The van der Waals surface area contributed by atoms with Crippen LogP contribution in [0, 0.1) is 5.82 Å². The Kier molecular flexibility index (Phi) is 4.79. The standard InChI is InChI=1S/C19H21ClFN7O/c1-10(26(2)3)18-23-19(25-24-18)17-16(28-7-6-22-9-28)11-8-12(29-5)13(20)14(21)15(11)27(17)4/h6-10H,1-5H3,(H,23,24,25)/t10-/m0/s1. The fourth-order valence-corrected chi connectivity index (χ4v) is 3.59. The highest BCUT2D eigenvalue weighted by Gasteiger charge is 2.26. The second-order valence-corrected chi connectivity index (χ2v) is 7.39. The van der Waals surface area contributed by atoms with Gasteiger partial charge in [-0.3, -0.25) is 10.00 Å². The number of nitrogens with one attached hydrogen (secondary N) is 1. The highest BCUT2D eigenvalue weighted by molar-refractivity contribution is 6.33. The van der Waals surface area contributed by atoms with E-state index in [1.54, 1.807) is 36.4 Å². The molecule has 1 N–H and O–H groups in total. The molecule has 0 radical (unpaired) electrons. The Morgan fingerprint density at radius 1 is 1.34 bits per heavy atom. The van der Waals surface area contributed by atoms with Crippen LogP contribution in [0.1, 0.15) is 18.8 Å². The third-order valence-corrected chi connectivity index (χ3v) is 5.51. The predicted octanol–water partition coefficient (Wildman–Crippen LogP) is 3.57. The molecule has 0 unspecified atom stereocenters. The quantitative estimate of drug-likeness (QED) is 0.537. The summed E-state index contributed by atoms with van der Waals surface area (Å²) in [5, 5.41) is 7.91. The number of ether oxygens (including phenoxy) is 1. The zero-order chi connectivity index (χ0) is 20.9. The number of imidazole rings is 1. The third kappa shape index (κ3) is 2.97. The molecule has 0 amide bonds. The Morgan fingerprint density at radius 2 is 2.10 bits per heavy atom. The van der Waals surface area contributed by atoms with Gasteiger partial charge in [0.05, 0.1) is 30.7 Å². The van der Waals surface area contributed by atoms with Crippen LogP contribution in [0.2, 0.25) is 5.02 Å². The molecular weight excluding hydrogens is 397 g/mol.